The molecule has 1 aliphatic heterocycles. The fourth-order valence-corrected chi connectivity index (χ4v) is 2.06. The highest BCUT2D eigenvalue weighted by molar-refractivity contribution is 5.79. The lowest BCUT2D eigenvalue weighted by atomic mass is 10.0. The first-order valence-corrected chi connectivity index (χ1v) is 6.75. The van der Waals surface area contributed by atoms with Crippen LogP contribution in [0, 0.1) is 11.8 Å². The number of amides is 2. The molecule has 3 N–H and O–H groups in total. The molecule has 0 saturated carbocycles. The van der Waals surface area contributed by atoms with Gasteiger partial charge in [-0.05, 0) is 12.8 Å². The molecule has 18 heavy (non-hydrogen) atoms. The average Bonchev–Trinajstić information content (AvgIpc) is 2.37. The van der Waals surface area contributed by atoms with Crippen molar-refractivity contribution in [1.82, 2.24) is 10.2 Å². The maximum atomic E-state index is 11.8. The van der Waals surface area contributed by atoms with Crippen molar-refractivity contribution >= 4 is 11.8 Å². The van der Waals surface area contributed by atoms with Crippen molar-refractivity contribution in [3.63, 3.8) is 0 Å². The third kappa shape index (κ3) is 3.98. The lowest BCUT2D eigenvalue weighted by molar-refractivity contribution is -0.135. The molecule has 104 valence electrons. The molecule has 5 heteroatoms. The summed E-state index contributed by atoms with van der Waals surface area (Å²) in [5.74, 6) is 0.134. The topological polar surface area (TPSA) is 75.4 Å². The van der Waals surface area contributed by atoms with Crippen molar-refractivity contribution in [3.8, 4) is 0 Å². The molecule has 0 bridgehead atoms. The van der Waals surface area contributed by atoms with Crippen LogP contribution >= 0.6 is 0 Å². The second kappa shape index (κ2) is 6.73. The highest BCUT2D eigenvalue weighted by atomic mass is 16.2. The minimum atomic E-state index is -0.139. The molecule has 0 radical (unpaired) electrons. The normalized spacial score (nSPS) is 18.8. The molecule has 1 aliphatic rings. The Morgan fingerprint density at radius 1 is 1.28 bits per heavy atom. The molecule has 0 spiro atoms. The zero-order chi connectivity index (χ0) is 13.7. The van der Waals surface area contributed by atoms with Crippen LogP contribution in [-0.2, 0) is 9.59 Å². The van der Waals surface area contributed by atoms with Crippen molar-refractivity contribution in [2.45, 2.75) is 39.7 Å². The number of carbonyl (C=O) groups excluding carboxylic acids is 2. The van der Waals surface area contributed by atoms with Crippen LogP contribution in [0.15, 0.2) is 0 Å². The number of nitrogens with one attached hydrogen (secondary N) is 1. The molecule has 1 atom stereocenters. The van der Waals surface area contributed by atoms with E-state index in [9.17, 15) is 9.59 Å². The van der Waals surface area contributed by atoms with E-state index >= 15 is 0 Å². The van der Waals surface area contributed by atoms with Crippen molar-refractivity contribution in [2.75, 3.05) is 19.6 Å². The standard InChI is InChI=1S/C13H25N3O2/c1-9(2)13(18)16-6-4-11(5-7-16)15-12(17)10(3)8-14/h9-11H,4-8,14H2,1-3H3,(H,15,17). The van der Waals surface area contributed by atoms with Crippen LogP contribution < -0.4 is 11.1 Å². The van der Waals surface area contributed by atoms with E-state index in [0.29, 0.717) is 6.54 Å². The van der Waals surface area contributed by atoms with Gasteiger partial charge >= 0.3 is 0 Å². The highest BCUT2D eigenvalue weighted by Gasteiger charge is 2.25. The summed E-state index contributed by atoms with van der Waals surface area (Å²) in [5, 5.41) is 3.00. The third-order valence-electron chi connectivity index (χ3n) is 3.45. The maximum Gasteiger partial charge on any atom is 0.225 e. The van der Waals surface area contributed by atoms with Gasteiger partial charge in [-0.15, -0.1) is 0 Å². The Hall–Kier alpha value is -1.10. The van der Waals surface area contributed by atoms with E-state index in [4.69, 9.17) is 5.73 Å². The van der Waals surface area contributed by atoms with Crippen molar-refractivity contribution < 1.29 is 9.59 Å². The van der Waals surface area contributed by atoms with E-state index in [1.807, 2.05) is 25.7 Å². The number of piperidine rings is 1. The summed E-state index contributed by atoms with van der Waals surface area (Å²) in [6, 6.07) is 0.183. The van der Waals surface area contributed by atoms with E-state index in [0.717, 1.165) is 25.9 Å². The fraction of sp³-hybridized carbons (Fsp3) is 0.846. The molecule has 0 aromatic heterocycles. The lowest BCUT2D eigenvalue weighted by Crippen LogP contribution is -2.49. The second-order valence-corrected chi connectivity index (χ2v) is 5.40. The van der Waals surface area contributed by atoms with Crippen LogP contribution in [0.1, 0.15) is 33.6 Å². The summed E-state index contributed by atoms with van der Waals surface area (Å²) in [5.41, 5.74) is 5.46. The molecule has 0 aromatic rings. The molecule has 1 saturated heterocycles. The number of nitrogens with zero attached hydrogens (tertiary/aromatic N) is 1. The predicted octanol–water partition coefficient (Wildman–Crippen LogP) is 0.344. The predicted molar refractivity (Wildman–Crippen MR) is 70.8 cm³/mol. The van der Waals surface area contributed by atoms with Gasteiger partial charge in [0.2, 0.25) is 11.8 Å². The van der Waals surface area contributed by atoms with Crippen molar-refractivity contribution in [3.05, 3.63) is 0 Å². The Bertz CT molecular complexity index is 297. The van der Waals surface area contributed by atoms with Gasteiger partial charge in [0.1, 0.15) is 0 Å². The molecule has 0 aliphatic carbocycles. The molecule has 1 unspecified atom stereocenters. The van der Waals surface area contributed by atoms with E-state index in [2.05, 4.69) is 5.32 Å². The molecule has 1 heterocycles. The fourth-order valence-electron chi connectivity index (χ4n) is 2.06. The third-order valence-corrected chi connectivity index (χ3v) is 3.45. The van der Waals surface area contributed by atoms with E-state index in [1.54, 1.807) is 0 Å². The number of carbonyl (C=O) groups is 2. The second-order valence-electron chi connectivity index (χ2n) is 5.40. The zero-order valence-corrected chi connectivity index (χ0v) is 11.6. The van der Waals surface area contributed by atoms with Crippen molar-refractivity contribution in [2.24, 2.45) is 17.6 Å². The first-order chi connectivity index (χ1) is 8.45. The van der Waals surface area contributed by atoms with E-state index in [1.165, 1.54) is 0 Å². The van der Waals surface area contributed by atoms with Crippen LogP contribution in [0.2, 0.25) is 0 Å². The summed E-state index contributed by atoms with van der Waals surface area (Å²) in [7, 11) is 0. The van der Waals surface area contributed by atoms with Crippen LogP contribution in [0.5, 0.6) is 0 Å². The first kappa shape index (κ1) is 15.0. The summed E-state index contributed by atoms with van der Waals surface area (Å²) in [4.78, 5) is 25.4. The van der Waals surface area contributed by atoms with Gasteiger partial charge in [-0.1, -0.05) is 20.8 Å². The minimum Gasteiger partial charge on any atom is -0.353 e. The molecular formula is C13H25N3O2. The molecule has 0 aromatic carbocycles. The number of hydrogen-bond acceptors (Lipinski definition) is 3. The van der Waals surface area contributed by atoms with Gasteiger partial charge < -0.3 is 16.0 Å². The Morgan fingerprint density at radius 2 is 1.83 bits per heavy atom. The van der Waals surface area contributed by atoms with Gasteiger partial charge in [0.25, 0.3) is 0 Å². The number of nitrogens with two attached hydrogens (primary N) is 1. The Morgan fingerprint density at radius 3 is 2.28 bits per heavy atom. The quantitative estimate of drug-likeness (QED) is 0.761. The summed E-state index contributed by atoms with van der Waals surface area (Å²) in [6.07, 6.45) is 1.67. The Balaban J connectivity index is 2.36. The summed E-state index contributed by atoms with van der Waals surface area (Å²) < 4.78 is 0. The molecule has 1 fully saturated rings. The van der Waals surface area contributed by atoms with Gasteiger partial charge in [0.05, 0.1) is 0 Å². The minimum absolute atomic E-state index is 0.0196. The lowest BCUT2D eigenvalue weighted by Gasteiger charge is -2.33. The number of hydrogen-bond donors (Lipinski definition) is 2. The monoisotopic (exact) mass is 255 g/mol. The first-order valence-electron chi connectivity index (χ1n) is 6.75. The van der Waals surface area contributed by atoms with Crippen LogP contribution in [0.4, 0.5) is 0 Å². The molecular weight excluding hydrogens is 230 g/mol. The highest BCUT2D eigenvalue weighted by Crippen LogP contribution is 2.13. The summed E-state index contributed by atoms with van der Waals surface area (Å²) >= 11 is 0. The van der Waals surface area contributed by atoms with E-state index < -0.39 is 0 Å². The van der Waals surface area contributed by atoms with Gasteiger partial charge in [-0.3, -0.25) is 9.59 Å². The maximum absolute atomic E-state index is 11.8. The number of rotatable bonds is 4. The molecule has 1 rings (SSSR count). The van der Waals surface area contributed by atoms with Crippen LogP contribution in [-0.4, -0.2) is 42.4 Å². The SMILES string of the molecule is CC(C)C(=O)N1CCC(NC(=O)C(C)CN)CC1. The Kier molecular flexibility index (Phi) is 5.59. The largest absolute Gasteiger partial charge is 0.353 e. The van der Waals surface area contributed by atoms with Gasteiger partial charge in [0.15, 0.2) is 0 Å². The van der Waals surface area contributed by atoms with E-state index in [-0.39, 0.29) is 29.7 Å². The van der Waals surface area contributed by atoms with Gasteiger partial charge in [0, 0.05) is 37.5 Å². The van der Waals surface area contributed by atoms with Crippen LogP contribution in [0.3, 0.4) is 0 Å². The Labute approximate surface area is 109 Å². The zero-order valence-electron chi connectivity index (χ0n) is 11.6. The van der Waals surface area contributed by atoms with Crippen LogP contribution in [0.25, 0.3) is 0 Å². The smallest absolute Gasteiger partial charge is 0.225 e. The summed E-state index contributed by atoms with van der Waals surface area (Å²) in [6.45, 7) is 7.50. The average molecular weight is 255 g/mol. The molecule has 5 nitrogen and oxygen atoms in total. The number of likely N-dealkylation sites (tertiary alicyclic amines) is 1. The van der Waals surface area contributed by atoms with Gasteiger partial charge in [-0.2, -0.15) is 0 Å². The molecule has 2 amide bonds. The van der Waals surface area contributed by atoms with Gasteiger partial charge in [-0.25, -0.2) is 0 Å². The van der Waals surface area contributed by atoms with Crippen molar-refractivity contribution in [1.29, 1.82) is 0 Å².